The predicted octanol–water partition coefficient (Wildman–Crippen LogP) is 2.03. The Labute approximate surface area is 106 Å². The van der Waals surface area contributed by atoms with Crippen molar-refractivity contribution in [1.82, 2.24) is 4.90 Å². The predicted molar refractivity (Wildman–Crippen MR) is 66.1 cm³/mol. The van der Waals surface area contributed by atoms with E-state index in [0.29, 0.717) is 13.2 Å². The molecule has 0 spiro atoms. The van der Waals surface area contributed by atoms with Gasteiger partial charge in [-0.2, -0.15) is 0 Å². The molecule has 0 aliphatic heterocycles. The third-order valence-electron chi connectivity index (χ3n) is 2.41. The summed E-state index contributed by atoms with van der Waals surface area (Å²) in [5.74, 6) is -1.36. The monoisotopic (exact) mass is 255 g/mol. The van der Waals surface area contributed by atoms with Crippen LogP contribution in [0, 0.1) is 5.82 Å². The lowest BCUT2D eigenvalue weighted by Gasteiger charge is -2.18. The minimum absolute atomic E-state index is 0.0557. The number of carbonyl (C=O) groups excluding carboxylic acids is 1. The molecule has 18 heavy (non-hydrogen) atoms. The Morgan fingerprint density at radius 3 is 2.72 bits per heavy atom. The van der Waals surface area contributed by atoms with Crippen LogP contribution in [0.3, 0.4) is 0 Å². The Balaban J connectivity index is 2.63. The standard InChI is InChI=1S/C13H18FNO3/c1-9(2)18-7-6-15(3)13(17)11-5-4-10(16)8-12(11)14/h4-5,8-9,16H,6-7H2,1-3H3. The zero-order valence-corrected chi connectivity index (χ0v) is 10.8. The van der Waals surface area contributed by atoms with Crippen molar-refractivity contribution in [2.75, 3.05) is 20.2 Å². The van der Waals surface area contributed by atoms with E-state index in [1.165, 1.54) is 17.0 Å². The van der Waals surface area contributed by atoms with Crippen molar-refractivity contribution in [2.45, 2.75) is 20.0 Å². The summed E-state index contributed by atoms with van der Waals surface area (Å²) in [6, 6.07) is 3.48. The quantitative estimate of drug-likeness (QED) is 0.875. The second kappa shape index (κ2) is 6.35. The zero-order valence-electron chi connectivity index (χ0n) is 10.8. The number of amides is 1. The summed E-state index contributed by atoms with van der Waals surface area (Å²) in [6.07, 6.45) is 0.0962. The number of halogens is 1. The van der Waals surface area contributed by atoms with Crippen LogP contribution in [0.4, 0.5) is 4.39 Å². The minimum atomic E-state index is -0.725. The SMILES string of the molecule is CC(C)OCCN(C)C(=O)c1ccc(O)cc1F. The van der Waals surface area contributed by atoms with Crippen LogP contribution in [-0.4, -0.2) is 42.2 Å². The molecule has 0 aliphatic carbocycles. The third-order valence-corrected chi connectivity index (χ3v) is 2.41. The Bertz CT molecular complexity index is 421. The number of benzene rings is 1. The molecule has 5 heteroatoms. The van der Waals surface area contributed by atoms with Gasteiger partial charge in [-0.15, -0.1) is 0 Å². The van der Waals surface area contributed by atoms with E-state index in [-0.39, 0.29) is 17.4 Å². The average Bonchev–Trinajstić information content (AvgIpc) is 2.27. The first-order valence-corrected chi connectivity index (χ1v) is 5.77. The lowest BCUT2D eigenvalue weighted by atomic mass is 10.2. The van der Waals surface area contributed by atoms with Crippen LogP contribution in [0.15, 0.2) is 18.2 Å². The molecule has 0 aromatic heterocycles. The summed E-state index contributed by atoms with van der Waals surface area (Å²) < 4.78 is 18.8. The van der Waals surface area contributed by atoms with Crippen molar-refractivity contribution in [1.29, 1.82) is 0 Å². The van der Waals surface area contributed by atoms with Crippen LogP contribution in [-0.2, 0) is 4.74 Å². The number of hydrogen-bond donors (Lipinski definition) is 1. The first-order chi connectivity index (χ1) is 8.41. The van der Waals surface area contributed by atoms with Gasteiger partial charge in [0, 0.05) is 19.7 Å². The Hall–Kier alpha value is -1.62. The number of ether oxygens (including phenoxy) is 1. The minimum Gasteiger partial charge on any atom is -0.508 e. The van der Waals surface area contributed by atoms with Crippen molar-refractivity contribution in [3.63, 3.8) is 0 Å². The molecule has 1 aromatic rings. The molecular weight excluding hydrogens is 237 g/mol. The molecule has 0 saturated heterocycles. The van der Waals surface area contributed by atoms with Crippen LogP contribution in [0.2, 0.25) is 0 Å². The summed E-state index contributed by atoms with van der Waals surface area (Å²) in [5.41, 5.74) is -0.0557. The molecule has 0 heterocycles. The summed E-state index contributed by atoms with van der Waals surface area (Å²) in [7, 11) is 1.58. The highest BCUT2D eigenvalue weighted by molar-refractivity contribution is 5.94. The normalized spacial score (nSPS) is 10.7. The number of carbonyl (C=O) groups is 1. The van der Waals surface area contributed by atoms with E-state index in [2.05, 4.69) is 0 Å². The van der Waals surface area contributed by atoms with Gasteiger partial charge in [0.15, 0.2) is 0 Å². The van der Waals surface area contributed by atoms with Crippen LogP contribution in [0.25, 0.3) is 0 Å². The molecule has 0 aliphatic rings. The number of likely N-dealkylation sites (N-methyl/N-ethyl adjacent to an activating group) is 1. The zero-order chi connectivity index (χ0) is 13.7. The highest BCUT2D eigenvalue weighted by atomic mass is 19.1. The van der Waals surface area contributed by atoms with Crippen molar-refractivity contribution >= 4 is 5.91 Å². The van der Waals surface area contributed by atoms with E-state index < -0.39 is 11.7 Å². The van der Waals surface area contributed by atoms with Crippen LogP contribution >= 0.6 is 0 Å². The molecule has 1 aromatic carbocycles. The molecule has 1 amide bonds. The van der Waals surface area contributed by atoms with Crippen molar-refractivity contribution in [2.24, 2.45) is 0 Å². The summed E-state index contributed by atoms with van der Waals surface area (Å²) >= 11 is 0. The van der Waals surface area contributed by atoms with Gasteiger partial charge in [-0.1, -0.05) is 0 Å². The number of hydrogen-bond acceptors (Lipinski definition) is 3. The Morgan fingerprint density at radius 2 is 2.17 bits per heavy atom. The van der Waals surface area contributed by atoms with Gasteiger partial charge in [0.25, 0.3) is 5.91 Å². The highest BCUT2D eigenvalue weighted by Crippen LogP contribution is 2.16. The molecule has 1 rings (SSSR count). The van der Waals surface area contributed by atoms with Crippen molar-refractivity contribution in [3.05, 3.63) is 29.6 Å². The molecule has 0 unspecified atom stereocenters. The molecule has 4 nitrogen and oxygen atoms in total. The van der Waals surface area contributed by atoms with Crippen molar-refractivity contribution in [3.8, 4) is 5.75 Å². The fourth-order valence-electron chi connectivity index (χ4n) is 1.41. The van der Waals surface area contributed by atoms with Gasteiger partial charge >= 0.3 is 0 Å². The van der Waals surface area contributed by atoms with Crippen molar-refractivity contribution < 1.29 is 19.0 Å². The maximum atomic E-state index is 13.5. The molecule has 100 valence electrons. The Kier molecular flexibility index (Phi) is 5.09. The lowest BCUT2D eigenvalue weighted by Crippen LogP contribution is -2.31. The molecule has 0 saturated carbocycles. The first kappa shape index (κ1) is 14.4. The van der Waals surface area contributed by atoms with E-state index in [9.17, 15) is 9.18 Å². The molecular formula is C13H18FNO3. The maximum absolute atomic E-state index is 13.5. The maximum Gasteiger partial charge on any atom is 0.256 e. The number of rotatable bonds is 5. The number of aromatic hydroxyl groups is 1. The lowest BCUT2D eigenvalue weighted by molar-refractivity contribution is 0.0529. The van der Waals surface area contributed by atoms with Gasteiger partial charge in [0.1, 0.15) is 11.6 Å². The first-order valence-electron chi connectivity index (χ1n) is 5.77. The molecule has 0 radical (unpaired) electrons. The second-order valence-electron chi connectivity index (χ2n) is 4.31. The van der Waals surface area contributed by atoms with E-state index in [4.69, 9.17) is 9.84 Å². The summed E-state index contributed by atoms with van der Waals surface area (Å²) in [5, 5.41) is 9.08. The average molecular weight is 255 g/mol. The summed E-state index contributed by atoms with van der Waals surface area (Å²) in [4.78, 5) is 13.3. The van der Waals surface area contributed by atoms with Crippen LogP contribution in [0.1, 0.15) is 24.2 Å². The fourth-order valence-corrected chi connectivity index (χ4v) is 1.41. The van der Waals surface area contributed by atoms with E-state index in [0.717, 1.165) is 6.07 Å². The highest BCUT2D eigenvalue weighted by Gasteiger charge is 2.16. The Morgan fingerprint density at radius 1 is 1.50 bits per heavy atom. The molecule has 0 fully saturated rings. The number of phenolic OH excluding ortho intramolecular Hbond substituents is 1. The van der Waals surface area contributed by atoms with Gasteiger partial charge in [0.05, 0.1) is 18.3 Å². The molecule has 0 bridgehead atoms. The molecule has 1 N–H and O–H groups in total. The van der Waals surface area contributed by atoms with E-state index in [1.54, 1.807) is 7.05 Å². The topological polar surface area (TPSA) is 49.8 Å². The van der Waals surface area contributed by atoms with E-state index >= 15 is 0 Å². The fraction of sp³-hybridized carbons (Fsp3) is 0.462. The van der Waals surface area contributed by atoms with Gasteiger partial charge in [-0.25, -0.2) is 4.39 Å². The number of nitrogens with zero attached hydrogens (tertiary/aromatic N) is 1. The number of phenols is 1. The second-order valence-corrected chi connectivity index (χ2v) is 4.31. The van der Waals surface area contributed by atoms with Gasteiger partial charge in [-0.05, 0) is 26.0 Å². The van der Waals surface area contributed by atoms with Crippen LogP contribution < -0.4 is 0 Å². The largest absolute Gasteiger partial charge is 0.508 e. The van der Waals surface area contributed by atoms with Gasteiger partial charge in [-0.3, -0.25) is 4.79 Å². The summed E-state index contributed by atoms with van der Waals surface area (Å²) in [6.45, 7) is 4.60. The van der Waals surface area contributed by atoms with E-state index in [1.807, 2.05) is 13.8 Å². The van der Waals surface area contributed by atoms with Gasteiger partial charge in [0.2, 0.25) is 0 Å². The van der Waals surface area contributed by atoms with Gasteiger partial charge < -0.3 is 14.7 Å². The third kappa shape index (κ3) is 4.00. The smallest absolute Gasteiger partial charge is 0.256 e. The van der Waals surface area contributed by atoms with Crippen LogP contribution in [0.5, 0.6) is 5.75 Å². The molecule has 0 atom stereocenters.